The average molecular weight is 304 g/mol. The molecule has 106 valence electrons. The van der Waals surface area contributed by atoms with Gasteiger partial charge < -0.3 is 4.90 Å². The fourth-order valence-corrected chi connectivity index (χ4v) is 3.35. The molecule has 1 fully saturated rings. The number of amides is 1. The van der Waals surface area contributed by atoms with E-state index in [4.69, 9.17) is 11.6 Å². The molecular formula is C11H17ClF3NOS. The smallest absolute Gasteiger partial charge is 0.332 e. The molecule has 1 aliphatic rings. The number of carbonyl (C=O) groups excluding carboxylic acids is 1. The van der Waals surface area contributed by atoms with Gasteiger partial charge in [0.1, 0.15) is 6.54 Å². The minimum absolute atomic E-state index is 0.0301. The Kier molecular flexibility index (Phi) is 6.63. The molecule has 2 nitrogen and oxygen atoms in total. The lowest BCUT2D eigenvalue weighted by Gasteiger charge is -2.27. The van der Waals surface area contributed by atoms with Crippen LogP contribution in [0.1, 0.15) is 19.3 Å². The van der Waals surface area contributed by atoms with Crippen LogP contribution in [0.5, 0.6) is 0 Å². The zero-order chi connectivity index (χ0) is 13.6. The Balaban J connectivity index is 2.47. The molecule has 0 N–H and O–H groups in total. The van der Waals surface area contributed by atoms with Crippen LogP contribution in [0.2, 0.25) is 0 Å². The van der Waals surface area contributed by atoms with Crippen molar-refractivity contribution in [1.29, 1.82) is 0 Å². The maximum Gasteiger partial charge on any atom is 0.406 e. The Bertz CT molecular complexity index is 270. The zero-order valence-electron chi connectivity index (χ0n) is 10.0. The van der Waals surface area contributed by atoms with E-state index in [-0.39, 0.29) is 24.8 Å². The molecule has 0 spiro atoms. The second-order valence-electron chi connectivity index (χ2n) is 4.38. The van der Waals surface area contributed by atoms with E-state index in [1.54, 1.807) is 0 Å². The largest absolute Gasteiger partial charge is 0.406 e. The van der Waals surface area contributed by atoms with Crippen molar-refractivity contribution in [1.82, 2.24) is 4.90 Å². The number of thioether (sulfide) groups is 1. The van der Waals surface area contributed by atoms with Gasteiger partial charge >= 0.3 is 6.18 Å². The van der Waals surface area contributed by atoms with E-state index in [2.05, 4.69) is 0 Å². The van der Waals surface area contributed by atoms with Crippen molar-refractivity contribution < 1.29 is 18.0 Å². The predicted molar refractivity (Wildman–Crippen MR) is 68.0 cm³/mol. The van der Waals surface area contributed by atoms with E-state index in [1.807, 2.05) is 11.8 Å². The summed E-state index contributed by atoms with van der Waals surface area (Å²) in [7, 11) is 0. The van der Waals surface area contributed by atoms with Crippen molar-refractivity contribution in [3.8, 4) is 0 Å². The van der Waals surface area contributed by atoms with Crippen LogP contribution in [-0.4, -0.2) is 47.5 Å². The van der Waals surface area contributed by atoms with Gasteiger partial charge in [-0.05, 0) is 30.3 Å². The Morgan fingerprint density at radius 2 is 1.94 bits per heavy atom. The van der Waals surface area contributed by atoms with Gasteiger partial charge in [-0.3, -0.25) is 4.79 Å². The summed E-state index contributed by atoms with van der Waals surface area (Å²) < 4.78 is 37.0. The van der Waals surface area contributed by atoms with Crippen LogP contribution in [0.25, 0.3) is 0 Å². The van der Waals surface area contributed by atoms with Gasteiger partial charge in [-0.1, -0.05) is 0 Å². The van der Waals surface area contributed by atoms with E-state index in [0.29, 0.717) is 0 Å². The molecule has 18 heavy (non-hydrogen) atoms. The lowest BCUT2D eigenvalue weighted by atomic mass is 9.98. The van der Waals surface area contributed by atoms with Crippen molar-refractivity contribution in [3.05, 3.63) is 0 Å². The maximum atomic E-state index is 12.3. The van der Waals surface area contributed by atoms with E-state index in [9.17, 15) is 18.0 Å². The molecule has 0 aliphatic carbocycles. The number of halogens is 4. The molecular weight excluding hydrogens is 287 g/mol. The summed E-state index contributed by atoms with van der Waals surface area (Å²) in [6, 6.07) is 0. The van der Waals surface area contributed by atoms with Crippen molar-refractivity contribution in [3.63, 3.8) is 0 Å². The quantitative estimate of drug-likeness (QED) is 0.727. The van der Waals surface area contributed by atoms with Crippen molar-refractivity contribution in [2.24, 2.45) is 5.92 Å². The fourth-order valence-electron chi connectivity index (χ4n) is 1.94. The van der Waals surface area contributed by atoms with Crippen LogP contribution in [-0.2, 0) is 4.79 Å². The molecule has 0 bridgehead atoms. The monoisotopic (exact) mass is 303 g/mol. The van der Waals surface area contributed by atoms with Crippen LogP contribution in [0.3, 0.4) is 0 Å². The van der Waals surface area contributed by atoms with Crippen LogP contribution < -0.4 is 0 Å². The molecule has 1 amide bonds. The number of alkyl halides is 4. The molecule has 1 rings (SSSR count). The van der Waals surface area contributed by atoms with Gasteiger partial charge in [0.05, 0.1) is 0 Å². The number of nitrogens with zero attached hydrogens (tertiary/aromatic N) is 1. The van der Waals surface area contributed by atoms with Gasteiger partial charge in [-0.15, -0.1) is 11.6 Å². The number of carbonyl (C=O) groups is 1. The van der Waals surface area contributed by atoms with Crippen LogP contribution >= 0.6 is 23.4 Å². The molecule has 0 atom stereocenters. The van der Waals surface area contributed by atoms with E-state index in [0.717, 1.165) is 29.2 Å². The molecule has 7 heteroatoms. The number of rotatable bonds is 5. The molecule has 0 unspecified atom stereocenters. The SMILES string of the molecule is O=C(CC1CCSCC1)N(CCCl)CC(F)(F)F. The minimum atomic E-state index is -4.36. The third kappa shape index (κ3) is 6.18. The van der Waals surface area contributed by atoms with E-state index >= 15 is 0 Å². The molecule has 0 radical (unpaired) electrons. The molecule has 0 aromatic rings. The average Bonchev–Trinajstić information content (AvgIpc) is 2.28. The molecule has 0 saturated carbocycles. The van der Waals surface area contributed by atoms with Crippen molar-refractivity contribution in [2.45, 2.75) is 25.4 Å². The van der Waals surface area contributed by atoms with Crippen LogP contribution in [0.15, 0.2) is 0 Å². The Labute approximate surface area is 114 Å². The summed E-state index contributed by atoms with van der Waals surface area (Å²) in [4.78, 5) is 12.7. The first-order valence-electron chi connectivity index (χ1n) is 5.90. The molecule has 1 heterocycles. The summed E-state index contributed by atoms with van der Waals surface area (Å²) in [5.41, 5.74) is 0. The Morgan fingerprint density at radius 3 is 2.44 bits per heavy atom. The van der Waals surface area contributed by atoms with Gasteiger partial charge in [-0.25, -0.2) is 0 Å². The first kappa shape index (κ1) is 16.0. The highest BCUT2D eigenvalue weighted by atomic mass is 35.5. The molecule has 1 aliphatic heterocycles. The molecule has 0 aromatic heterocycles. The zero-order valence-corrected chi connectivity index (χ0v) is 11.6. The minimum Gasteiger partial charge on any atom is -0.332 e. The Morgan fingerprint density at radius 1 is 1.33 bits per heavy atom. The predicted octanol–water partition coefficient (Wildman–Crippen LogP) is 3.15. The summed E-state index contributed by atoms with van der Waals surface area (Å²) in [6.45, 7) is -1.23. The third-order valence-electron chi connectivity index (χ3n) is 2.88. The lowest BCUT2D eigenvalue weighted by Crippen LogP contribution is -2.41. The van der Waals surface area contributed by atoms with Gasteiger partial charge in [0.25, 0.3) is 0 Å². The summed E-state index contributed by atoms with van der Waals surface area (Å²) in [5.74, 6) is 1.82. The summed E-state index contributed by atoms with van der Waals surface area (Å²) in [6.07, 6.45) is -2.31. The van der Waals surface area contributed by atoms with Gasteiger partial charge in [0.15, 0.2) is 0 Å². The van der Waals surface area contributed by atoms with Crippen LogP contribution in [0, 0.1) is 5.92 Å². The van der Waals surface area contributed by atoms with Gasteiger partial charge in [-0.2, -0.15) is 24.9 Å². The third-order valence-corrected chi connectivity index (χ3v) is 4.10. The highest BCUT2D eigenvalue weighted by Crippen LogP contribution is 2.26. The van der Waals surface area contributed by atoms with Crippen molar-refractivity contribution >= 4 is 29.3 Å². The normalized spacial score (nSPS) is 17.8. The van der Waals surface area contributed by atoms with Crippen LogP contribution in [0.4, 0.5) is 13.2 Å². The lowest BCUT2D eigenvalue weighted by molar-refractivity contribution is -0.161. The molecule has 0 aromatic carbocycles. The fraction of sp³-hybridized carbons (Fsp3) is 0.909. The number of hydrogen-bond acceptors (Lipinski definition) is 2. The summed E-state index contributed by atoms with van der Waals surface area (Å²) >= 11 is 7.28. The molecule has 1 saturated heterocycles. The number of hydrogen-bond donors (Lipinski definition) is 0. The first-order valence-corrected chi connectivity index (χ1v) is 7.59. The Hall–Kier alpha value is -0.100. The maximum absolute atomic E-state index is 12.3. The highest BCUT2D eigenvalue weighted by Gasteiger charge is 2.33. The first-order chi connectivity index (χ1) is 8.42. The summed E-state index contributed by atoms with van der Waals surface area (Å²) in [5, 5.41) is 0. The second-order valence-corrected chi connectivity index (χ2v) is 5.98. The second kappa shape index (κ2) is 7.48. The van der Waals surface area contributed by atoms with Crippen molar-refractivity contribution in [2.75, 3.05) is 30.5 Å². The topological polar surface area (TPSA) is 20.3 Å². The van der Waals surface area contributed by atoms with Gasteiger partial charge in [0, 0.05) is 18.8 Å². The van der Waals surface area contributed by atoms with E-state index in [1.165, 1.54) is 0 Å². The van der Waals surface area contributed by atoms with E-state index < -0.39 is 18.6 Å². The standard InChI is InChI=1S/C11H17ClF3NOS/c12-3-4-16(8-11(13,14)15)10(17)7-9-1-5-18-6-2-9/h9H,1-8H2. The van der Waals surface area contributed by atoms with Gasteiger partial charge in [0.2, 0.25) is 5.91 Å². The highest BCUT2D eigenvalue weighted by molar-refractivity contribution is 7.99.